The largest absolute Gasteiger partial charge is 0.508 e. The van der Waals surface area contributed by atoms with Crippen LogP contribution in [0.5, 0.6) is 0 Å². The Morgan fingerprint density at radius 1 is 1.41 bits per heavy atom. The molecule has 32 heavy (non-hydrogen) atoms. The zero-order valence-electron chi connectivity index (χ0n) is 18.2. The Labute approximate surface area is 189 Å². The molecule has 0 radical (unpaired) electrons. The number of nitrogens with two attached hydrogens (primary N) is 1. The van der Waals surface area contributed by atoms with Crippen LogP contribution in [-0.4, -0.2) is 73.3 Å². The second-order valence-electron chi connectivity index (χ2n) is 8.48. The number of fused-ring (bicyclic) bond motifs is 1. The molecule has 2 aromatic heterocycles. The molecule has 0 amide bonds. The number of imidazole rings is 1. The SMILES string of the molecule is CSCOC1(C)COC(C)(CC(=O)OC[C@@H]2C=C(O)[C@H](n3cnc4c(N)ncnc43)O2)C1. The van der Waals surface area contributed by atoms with Crippen LogP contribution in [0, 0.1) is 0 Å². The number of carbonyl (C=O) groups is 1. The molecular formula is C20H27N5O6S. The van der Waals surface area contributed by atoms with Gasteiger partial charge in [0.15, 0.2) is 17.7 Å². The maximum Gasteiger partial charge on any atom is 0.308 e. The van der Waals surface area contributed by atoms with E-state index < -0.39 is 29.5 Å². The first kappa shape index (κ1) is 22.8. The number of nitrogens with zero attached hydrogens (tertiary/aromatic N) is 4. The lowest BCUT2D eigenvalue weighted by Crippen LogP contribution is -2.33. The number of esters is 1. The molecule has 4 rings (SSSR count). The van der Waals surface area contributed by atoms with Crippen LogP contribution in [0.2, 0.25) is 0 Å². The van der Waals surface area contributed by atoms with Gasteiger partial charge in [0.1, 0.15) is 30.3 Å². The highest BCUT2D eigenvalue weighted by Crippen LogP contribution is 2.38. The summed E-state index contributed by atoms with van der Waals surface area (Å²) in [6.07, 6.45) is 5.47. The van der Waals surface area contributed by atoms with Crippen LogP contribution >= 0.6 is 11.8 Å². The molecule has 3 N–H and O–H groups in total. The van der Waals surface area contributed by atoms with Crippen LogP contribution < -0.4 is 5.73 Å². The summed E-state index contributed by atoms with van der Waals surface area (Å²) in [5.74, 6) is 0.366. The molecule has 4 heterocycles. The summed E-state index contributed by atoms with van der Waals surface area (Å²) in [5.41, 5.74) is 5.57. The fraction of sp³-hybridized carbons (Fsp3) is 0.600. The smallest absolute Gasteiger partial charge is 0.308 e. The molecule has 0 aliphatic carbocycles. The number of hydrogen-bond donors (Lipinski definition) is 2. The van der Waals surface area contributed by atoms with Gasteiger partial charge in [0.2, 0.25) is 0 Å². The van der Waals surface area contributed by atoms with Crippen molar-refractivity contribution in [2.45, 2.75) is 50.2 Å². The third-order valence-corrected chi connectivity index (χ3v) is 5.83. The van der Waals surface area contributed by atoms with Gasteiger partial charge < -0.3 is 29.8 Å². The Hall–Kier alpha value is -2.41. The lowest BCUT2D eigenvalue weighted by molar-refractivity contribution is -0.153. The summed E-state index contributed by atoms with van der Waals surface area (Å²) in [6.45, 7) is 4.25. The Kier molecular flexibility index (Phi) is 6.30. The predicted octanol–water partition coefficient (Wildman–Crippen LogP) is 1.96. The summed E-state index contributed by atoms with van der Waals surface area (Å²) in [5, 5.41) is 10.4. The van der Waals surface area contributed by atoms with Crippen molar-refractivity contribution in [1.82, 2.24) is 19.5 Å². The molecule has 0 spiro atoms. The van der Waals surface area contributed by atoms with Gasteiger partial charge in [-0.15, -0.1) is 11.8 Å². The van der Waals surface area contributed by atoms with E-state index in [-0.39, 0.29) is 24.6 Å². The lowest BCUT2D eigenvalue weighted by Gasteiger charge is -2.26. The summed E-state index contributed by atoms with van der Waals surface area (Å²) in [7, 11) is 0. The Balaban J connectivity index is 1.31. The number of ether oxygens (including phenoxy) is 4. The van der Waals surface area contributed by atoms with Gasteiger partial charge in [0.25, 0.3) is 0 Å². The molecule has 2 aliphatic heterocycles. The van der Waals surface area contributed by atoms with Crippen molar-refractivity contribution in [1.29, 1.82) is 0 Å². The minimum absolute atomic E-state index is 0.0321. The molecule has 12 heteroatoms. The van der Waals surface area contributed by atoms with Crippen molar-refractivity contribution >= 4 is 34.7 Å². The monoisotopic (exact) mass is 465 g/mol. The zero-order chi connectivity index (χ0) is 22.9. The summed E-state index contributed by atoms with van der Waals surface area (Å²) >= 11 is 1.60. The van der Waals surface area contributed by atoms with Crippen molar-refractivity contribution < 1.29 is 28.8 Å². The minimum atomic E-state index is -0.844. The molecular weight excluding hydrogens is 438 g/mol. The number of anilines is 1. The molecule has 2 aliphatic rings. The van der Waals surface area contributed by atoms with E-state index in [1.165, 1.54) is 18.7 Å². The van der Waals surface area contributed by atoms with E-state index in [1.54, 1.807) is 16.3 Å². The maximum atomic E-state index is 12.5. The lowest BCUT2D eigenvalue weighted by atomic mass is 9.91. The number of hydrogen-bond acceptors (Lipinski definition) is 11. The predicted molar refractivity (Wildman–Crippen MR) is 117 cm³/mol. The molecule has 2 unspecified atom stereocenters. The summed E-state index contributed by atoms with van der Waals surface area (Å²) in [4.78, 5) is 24.7. The number of rotatable bonds is 8. The maximum absolute atomic E-state index is 12.5. The standard InChI is InChI=1S/C20H27N5O6S/c1-19(7-20(2,8-29-19)30-11-32-3)5-14(27)28-6-12-4-13(26)18(31-12)25-10-24-15-16(21)22-9-23-17(15)25/h4,9-10,12,18,26H,5-8,11H2,1-3H3,(H2,21,22,23)/t12-,18+,19?,20?/m0/s1. The van der Waals surface area contributed by atoms with Crippen molar-refractivity contribution in [3.63, 3.8) is 0 Å². The van der Waals surface area contributed by atoms with E-state index in [0.29, 0.717) is 30.1 Å². The van der Waals surface area contributed by atoms with E-state index >= 15 is 0 Å². The molecule has 2 aromatic rings. The van der Waals surface area contributed by atoms with Crippen molar-refractivity contribution in [2.75, 3.05) is 31.1 Å². The molecule has 4 atom stereocenters. The first-order valence-electron chi connectivity index (χ1n) is 10.1. The van der Waals surface area contributed by atoms with Crippen molar-refractivity contribution in [3.8, 4) is 0 Å². The third-order valence-electron chi connectivity index (χ3n) is 5.48. The number of thioether (sulfide) groups is 1. The van der Waals surface area contributed by atoms with Crippen LogP contribution in [0.1, 0.15) is 32.9 Å². The van der Waals surface area contributed by atoms with Gasteiger partial charge in [0.05, 0.1) is 36.5 Å². The summed E-state index contributed by atoms with van der Waals surface area (Å²) < 4.78 is 24.5. The molecule has 174 valence electrons. The van der Waals surface area contributed by atoms with E-state index in [1.807, 2.05) is 20.1 Å². The highest BCUT2D eigenvalue weighted by molar-refractivity contribution is 7.98. The molecule has 1 saturated heterocycles. The average molecular weight is 466 g/mol. The fourth-order valence-corrected chi connectivity index (χ4v) is 4.45. The summed E-state index contributed by atoms with van der Waals surface area (Å²) in [6, 6.07) is 0. The molecule has 0 bridgehead atoms. The zero-order valence-corrected chi connectivity index (χ0v) is 19.0. The highest BCUT2D eigenvalue weighted by Gasteiger charge is 2.46. The van der Waals surface area contributed by atoms with Crippen LogP contribution in [0.25, 0.3) is 11.2 Å². The number of nitrogen functional groups attached to an aromatic ring is 1. The van der Waals surface area contributed by atoms with Crippen LogP contribution in [0.3, 0.4) is 0 Å². The van der Waals surface area contributed by atoms with Crippen LogP contribution in [0.15, 0.2) is 24.5 Å². The fourth-order valence-electron chi connectivity index (χ4n) is 4.04. The van der Waals surface area contributed by atoms with E-state index in [0.717, 1.165) is 0 Å². The second kappa shape index (κ2) is 8.85. The van der Waals surface area contributed by atoms with Gasteiger partial charge in [-0.3, -0.25) is 9.36 Å². The molecule has 11 nitrogen and oxygen atoms in total. The van der Waals surface area contributed by atoms with Gasteiger partial charge in [-0.05, 0) is 26.2 Å². The van der Waals surface area contributed by atoms with Crippen LogP contribution in [0.4, 0.5) is 5.82 Å². The van der Waals surface area contributed by atoms with Gasteiger partial charge in [-0.25, -0.2) is 15.0 Å². The average Bonchev–Trinajstić information content (AvgIpc) is 3.41. The van der Waals surface area contributed by atoms with Gasteiger partial charge in [-0.1, -0.05) is 0 Å². The Morgan fingerprint density at radius 3 is 3.00 bits per heavy atom. The van der Waals surface area contributed by atoms with E-state index in [2.05, 4.69) is 15.0 Å². The quantitative estimate of drug-likeness (QED) is 0.436. The van der Waals surface area contributed by atoms with E-state index in [9.17, 15) is 9.90 Å². The van der Waals surface area contributed by atoms with Crippen LogP contribution in [-0.2, 0) is 23.7 Å². The number of carbonyl (C=O) groups excluding carboxylic acids is 1. The topological polar surface area (TPSA) is 144 Å². The number of aliphatic hydroxyl groups is 1. The highest BCUT2D eigenvalue weighted by atomic mass is 32.2. The van der Waals surface area contributed by atoms with Crippen molar-refractivity contribution in [2.24, 2.45) is 0 Å². The number of aliphatic hydroxyl groups excluding tert-OH is 1. The third kappa shape index (κ3) is 4.68. The van der Waals surface area contributed by atoms with E-state index in [4.69, 9.17) is 24.7 Å². The number of aromatic nitrogens is 4. The second-order valence-corrected chi connectivity index (χ2v) is 9.29. The minimum Gasteiger partial charge on any atom is -0.508 e. The Morgan fingerprint density at radius 2 is 2.22 bits per heavy atom. The normalized spacial score (nSPS) is 30.0. The molecule has 0 saturated carbocycles. The first-order chi connectivity index (χ1) is 15.2. The van der Waals surface area contributed by atoms with Gasteiger partial charge >= 0.3 is 5.97 Å². The molecule has 0 aromatic carbocycles. The molecule has 1 fully saturated rings. The van der Waals surface area contributed by atoms with Gasteiger partial charge in [0, 0.05) is 6.42 Å². The Bertz CT molecular complexity index is 1030. The van der Waals surface area contributed by atoms with Crippen molar-refractivity contribution in [3.05, 3.63) is 24.5 Å². The van der Waals surface area contributed by atoms with Gasteiger partial charge in [-0.2, -0.15) is 0 Å². The first-order valence-corrected chi connectivity index (χ1v) is 11.5.